The summed E-state index contributed by atoms with van der Waals surface area (Å²) in [4.78, 5) is 14.4. The number of carbonyl (C=O) groups excluding carboxylic acids is 1. The maximum atomic E-state index is 12.7. The number of nitrogens with one attached hydrogen (secondary N) is 1. The monoisotopic (exact) mass is 462 g/mol. The fraction of sp³-hybridized carbons (Fsp3) is 0.348. The number of nitrogens with zero attached hydrogens (tertiary/aromatic N) is 1. The second kappa shape index (κ2) is 9.85. The molecule has 0 atom stereocenters. The van der Waals surface area contributed by atoms with E-state index in [9.17, 15) is 18.3 Å². The van der Waals surface area contributed by atoms with Crippen molar-refractivity contribution in [2.45, 2.75) is 38.6 Å². The van der Waals surface area contributed by atoms with Gasteiger partial charge in [-0.1, -0.05) is 42.4 Å². The van der Waals surface area contributed by atoms with Gasteiger partial charge in [0.2, 0.25) is 15.9 Å². The van der Waals surface area contributed by atoms with Crippen LogP contribution >= 0.6 is 11.6 Å². The standard InChI is InChI=1S/C23H27ClN2O4S/c1-3-31(29,30)25-18-10-12-26(13-11-18)23(28)9-8-17-14-20(21(24)15-22(17)27)19-7-5-4-6-16(19)2/h3-7,14-15,18,25,27H,1,8-13H2,2H3. The number of sulfonamides is 1. The van der Waals surface area contributed by atoms with Crippen molar-refractivity contribution in [3.8, 4) is 16.9 Å². The molecule has 1 heterocycles. The molecule has 1 amide bonds. The topological polar surface area (TPSA) is 86.7 Å². The molecule has 1 aliphatic heterocycles. The molecule has 2 aromatic rings. The molecule has 2 aromatic carbocycles. The molecule has 0 radical (unpaired) electrons. The third-order valence-corrected chi connectivity index (χ3v) is 7.02. The normalized spacial score (nSPS) is 15.1. The Morgan fingerprint density at radius 2 is 1.94 bits per heavy atom. The van der Waals surface area contributed by atoms with Crippen LogP contribution in [0.5, 0.6) is 5.75 Å². The van der Waals surface area contributed by atoms with Crippen molar-refractivity contribution in [1.82, 2.24) is 9.62 Å². The number of likely N-dealkylation sites (tertiary alicyclic amines) is 1. The third kappa shape index (κ3) is 5.87. The Hall–Kier alpha value is -2.35. The van der Waals surface area contributed by atoms with E-state index in [1.165, 1.54) is 6.07 Å². The molecular formula is C23H27ClN2O4S. The highest BCUT2D eigenvalue weighted by Gasteiger charge is 2.25. The van der Waals surface area contributed by atoms with Crippen molar-refractivity contribution in [1.29, 1.82) is 0 Å². The van der Waals surface area contributed by atoms with Crippen LogP contribution in [-0.4, -0.2) is 43.5 Å². The molecule has 3 rings (SSSR count). The first-order chi connectivity index (χ1) is 14.7. The molecule has 1 fully saturated rings. The summed E-state index contributed by atoms with van der Waals surface area (Å²) in [5, 5.41) is 11.7. The summed E-state index contributed by atoms with van der Waals surface area (Å²) < 4.78 is 25.8. The first-order valence-corrected chi connectivity index (χ1v) is 12.1. The Morgan fingerprint density at radius 1 is 1.26 bits per heavy atom. The van der Waals surface area contributed by atoms with Gasteiger partial charge in [-0.25, -0.2) is 13.1 Å². The van der Waals surface area contributed by atoms with Crippen LogP contribution < -0.4 is 4.72 Å². The van der Waals surface area contributed by atoms with Crippen molar-refractivity contribution in [3.63, 3.8) is 0 Å². The second-order valence-corrected chi connectivity index (χ2v) is 9.83. The Bertz CT molecular complexity index is 1080. The lowest BCUT2D eigenvalue weighted by Crippen LogP contribution is -2.46. The van der Waals surface area contributed by atoms with Crippen molar-refractivity contribution in [3.05, 3.63) is 64.5 Å². The average Bonchev–Trinajstić information content (AvgIpc) is 2.74. The molecule has 0 unspecified atom stereocenters. The average molecular weight is 463 g/mol. The van der Waals surface area contributed by atoms with E-state index in [0.717, 1.165) is 22.1 Å². The molecule has 2 N–H and O–H groups in total. The van der Waals surface area contributed by atoms with Gasteiger partial charge < -0.3 is 10.0 Å². The number of phenols is 1. The number of aromatic hydroxyl groups is 1. The zero-order chi connectivity index (χ0) is 22.6. The van der Waals surface area contributed by atoms with Gasteiger partial charge in [0.25, 0.3) is 0 Å². The van der Waals surface area contributed by atoms with E-state index in [0.29, 0.717) is 42.9 Å². The van der Waals surface area contributed by atoms with Gasteiger partial charge in [0, 0.05) is 36.5 Å². The molecule has 1 aliphatic rings. The minimum Gasteiger partial charge on any atom is -0.508 e. The van der Waals surface area contributed by atoms with Crippen LogP contribution in [0.2, 0.25) is 5.02 Å². The summed E-state index contributed by atoms with van der Waals surface area (Å²) in [6.07, 6.45) is 1.76. The highest BCUT2D eigenvalue weighted by Crippen LogP contribution is 2.35. The first kappa shape index (κ1) is 23.3. The van der Waals surface area contributed by atoms with Gasteiger partial charge in [-0.3, -0.25) is 4.79 Å². The van der Waals surface area contributed by atoms with E-state index in [4.69, 9.17) is 11.6 Å². The van der Waals surface area contributed by atoms with Crippen LogP contribution in [-0.2, 0) is 21.2 Å². The maximum Gasteiger partial charge on any atom is 0.233 e. The van der Waals surface area contributed by atoms with E-state index in [2.05, 4.69) is 11.3 Å². The molecular weight excluding hydrogens is 436 g/mol. The van der Waals surface area contributed by atoms with E-state index in [1.807, 2.05) is 37.3 Å². The molecule has 6 nitrogen and oxygen atoms in total. The van der Waals surface area contributed by atoms with Crippen LogP contribution in [0.1, 0.15) is 30.4 Å². The molecule has 0 aromatic heterocycles. The van der Waals surface area contributed by atoms with Crippen molar-refractivity contribution < 1.29 is 18.3 Å². The number of halogens is 1. The Balaban J connectivity index is 1.63. The van der Waals surface area contributed by atoms with E-state index < -0.39 is 10.0 Å². The Kier molecular flexibility index (Phi) is 7.41. The van der Waals surface area contributed by atoms with Crippen LogP contribution in [0.4, 0.5) is 0 Å². The summed E-state index contributed by atoms with van der Waals surface area (Å²) in [5.41, 5.74) is 3.57. The van der Waals surface area contributed by atoms with E-state index in [1.54, 1.807) is 4.90 Å². The lowest BCUT2D eigenvalue weighted by molar-refractivity contribution is -0.132. The number of hydrogen-bond acceptors (Lipinski definition) is 4. The SMILES string of the molecule is C=CS(=O)(=O)NC1CCN(C(=O)CCc2cc(-c3ccccc3C)c(Cl)cc2O)CC1. The summed E-state index contributed by atoms with van der Waals surface area (Å²) in [5.74, 6) is 0.0597. The Labute approximate surface area is 188 Å². The smallest absolute Gasteiger partial charge is 0.233 e. The van der Waals surface area contributed by atoms with Crippen LogP contribution in [0.25, 0.3) is 11.1 Å². The van der Waals surface area contributed by atoms with E-state index >= 15 is 0 Å². The maximum absolute atomic E-state index is 12.7. The third-order valence-electron chi connectivity index (χ3n) is 5.61. The van der Waals surface area contributed by atoms with Crippen molar-refractivity contribution in [2.24, 2.45) is 0 Å². The number of piperidine rings is 1. The van der Waals surface area contributed by atoms with Gasteiger partial charge in [0.15, 0.2) is 0 Å². The van der Waals surface area contributed by atoms with Crippen LogP contribution in [0.3, 0.4) is 0 Å². The zero-order valence-corrected chi connectivity index (χ0v) is 19.0. The van der Waals surface area contributed by atoms with Gasteiger partial charge in [-0.2, -0.15) is 0 Å². The predicted molar refractivity (Wildman–Crippen MR) is 123 cm³/mol. The molecule has 8 heteroatoms. The lowest BCUT2D eigenvalue weighted by atomic mass is 9.96. The summed E-state index contributed by atoms with van der Waals surface area (Å²) in [6, 6.07) is 11.1. The van der Waals surface area contributed by atoms with Crippen LogP contribution in [0, 0.1) is 6.92 Å². The highest BCUT2D eigenvalue weighted by molar-refractivity contribution is 7.92. The van der Waals surface area contributed by atoms with Gasteiger partial charge in [-0.15, -0.1) is 0 Å². The van der Waals surface area contributed by atoms with Crippen LogP contribution in [0.15, 0.2) is 48.4 Å². The summed E-state index contributed by atoms with van der Waals surface area (Å²) in [6.45, 7) is 6.27. The molecule has 0 aliphatic carbocycles. The largest absolute Gasteiger partial charge is 0.508 e. The quantitative estimate of drug-likeness (QED) is 0.650. The summed E-state index contributed by atoms with van der Waals surface area (Å²) in [7, 11) is -3.47. The molecule has 31 heavy (non-hydrogen) atoms. The molecule has 1 saturated heterocycles. The van der Waals surface area contributed by atoms with Crippen molar-refractivity contribution >= 4 is 27.5 Å². The van der Waals surface area contributed by atoms with Gasteiger partial charge in [0.1, 0.15) is 5.75 Å². The second-order valence-electron chi connectivity index (χ2n) is 7.76. The minimum atomic E-state index is -3.47. The summed E-state index contributed by atoms with van der Waals surface area (Å²) >= 11 is 6.37. The molecule has 0 spiro atoms. The zero-order valence-electron chi connectivity index (χ0n) is 17.5. The number of hydrogen-bond donors (Lipinski definition) is 2. The predicted octanol–water partition coefficient (Wildman–Crippen LogP) is 4.01. The fourth-order valence-electron chi connectivity index (χ4n) is 3.82. The number of aryl methyl sites for hydroxylation is 2. The van der Waals surface area contributed by atoms with E-state index in [-0.39, 0.29) is 24.1 Å². The highest BCUT2D eigenvalue weighted by atomic mass is 35.5. The molecule has 0 bridgehead atoms. The molecule has 0 saturated carbocycles. The van der Waals surface area contributed by atoms with Gasteiger partial charge in [0.05, 0.1) is 5.02 Å². The number of amides is 1. The first-order valence-electron chi connectivity index (χ1n) is 10.2. The van der Waals surface area contributed by atoms with Gasteiger partial charge >= 0.3 is 0 Å². The molecule has 166 valence electrons. The fourth-order valence-corrected chi connectivity index (χ4v) is 4.87. The lowest BCUT2D eigenvalue weighted by Gasteiger charge is -2.32. The number of rotatable bonds is 7. The van der Waals surface area contributed by atoms with Gasteiger partial charge in [-0.05, 0) is 55.0 Å². The minimum absolute atomic E-state index is 0.0168. The number of phenolic OH excluding ortho intramolecular Hbond substituents is 1. The Morgan fingerprint density at radius 3 is 2.58 bits per heavy atom. The number of benzene rings is 2. The number of carbonyl (C=O) groups is 1. The van der Waals surface area contributed by atoms with Crippen molar-refractivity contribution in [2.75, 3.05) is 13.1 Å².